The van der Waals surface area contributed by atoms with Gasteiger partial charge in [-0.15, -0.1) is 0 Å². The smallest absolute Gasteiger partial charge is 0.129 e. The first-order valence-corrected chi connectivity index (χ1v) is 5.32. The number of halogens is 1. The molecule has 0 aliphatic rings. The summed E-state index contributed by atoms with van der Waals surface area (Å²) in [5, 5.41) is 3.98. The van der Waals surface area contributed by atoms with Gasteiger partial charge in [-0.25, -0.2) is 4.98 Å². The summed E-state index contributed by atoms with van der Waals surface area (Å²) < 4.78 is 0. The number of nitrogens with zero attached hydrogens (tertiary/aromatic N) is 1. The fraction of sp³-hybridized carbons (Fsp3) is 0.545. The van der Waals surface area contributed by atoms with Crippen molar-refractivity contribution in [2.24, 2.45) is 5.92 Å². The monoisotopic (exact) mass is 212 g/mol. The van der Waals surface area contributed by atoms with E-state index in [9.17, 15) is 0 Å². The van der Waals surface area contributed by atoms with Gasteiger partial charge in [0.15, 0.2) is 0 Å². The molecule has 78 valence electrons. The Hall–Kier alpha value is -0.600. The van der Waals surface area contributed by atoms with Gasteiger partial charge in [-0.1, -0.05) is 31.5 Å². The van der Waals surface area contributed by atoms with Crippen LogP contribution in [0.15, 0.2) is 18.3 Å². The van der Waals surface area contributed by atoms with Gasteiger partial charge in [-0.05, 0) is 31.0 Å². The van der Waals surface area contributed by atoms with Crippen LogP contribution in [0.3, 0.4) is 0 Å². The molecule has 0 fully saturated rings. The fourth-order valence-electron chi connectivity index (χ4n) is 1.17. The zero-order chi connectivity index (χ0) is 10.6. The summed E-state index contributed by atoms with van der Waals surface area (Å²) in [4.78, 5) is 4.05. The number of rotatable bonds is 4. The molecule has 14 heavy (non-hydrogen) atoms. The van der Waals surface area contributed by atoms with E-state index in [2.05, 4.69) is 31.1 Å². The van der Waals surface area contributed by atoms with Crippen LogP contribution in [-0.4, -0.2) is 11.5 Å². The minimum atomic E-state index is 0.335. The average molecular weight is 213 g/mol. The zero-order valence-electron chi connectivity index (χ0n) is 8.92. The first-order chi connectivity index (χ1) is 6.59. The molecule has 0 spiro atoms. The van der Waals surface area contributed by atoms with Crippen LogP contribution in [0.25, 0.3) is 0 Å². The Morgan fingerprint density at radius 3 is 2.57 bits per heavy atom. The molecular formula is C11H17ClN2. The molecule has 1 unspecified atom stereocenters. The normalized spacial score (nSPS) is 13.2. The average Bonchev–Trinajstić information content (AvgIpc) is 2.15. The molecule has 1 aromatic heterocycles. The highest BCUT2D eigenvalue weighted by molar-refractivity contribution is 6.29. The maximum absolute atomic E-state index is 5.71. The second-order valence-electron chi connectivity index (χ2n) is 3.94. The van der Waals surface area contributed by atoms with Crippen LogP contribution >= 0.6 is 11.6 Å². The van der Waals surface area contributed by atoms with Gasteiger partial charge in [0.05, 0.1) is 0 Å². The van der Waals surface area contributed by atoms with Crippen molar-refractivity contribution in [3.05, 3.63) is 29.0 Å². The molecule has 0 amide bonds. The standard InChI is InChI=1S/C11H17ClN2/c1-8(2)6-13-9(3)10-4-5-11(12)14-7-10/h4-5,7-9,13H,6H2,1-3H3. The van der Waals surface area contributed by atoms with E-state index in [0.29, 0.717) is 17.1 Å². The number of hydrogen-bond acceptors (Lipinski definition) is 2. The first-order valence-electron chi connectivity index (χ1n) is 4.94. The van der Waals surface area contributed by atoms with Crippen molar-refractivity contribution in [1.82, 2.24) is 10.3 Å². The van der Waals surface area contributed by atoms with Crippen molar-refractivity contribution in [2.45, 2.75) is 26.8 Å². The van der Waals surface area contributed by atoms with Crippen LogP contribution in [0.5, 0.6) is 0 Å². The van der Waals surface area contributed by atoms with E-state index in [4.69, 9.17) is 11.6 Å². The summed E-state index contributed by atoms with van der Waals surface area (Å²) in [6.45, 7) is 7.54. The maximum atomic E-state index is 5.71. The summed E-state index contributed by atoms with van der Waals surface area (Å²) in [7, 11) is 0. The van der Waals surface area contributed by atoms with Gasteiger partial charge in [-0.3, -0.25) is 0 Å². The molecule has 1 aromatic rings. The third-order valence-electron chi connectivity index (χ3n) is 2.08. The van der Waals surface area contributed by atoms with E-state index in [1.165, 1.54) is 5.56 Å². The highest BCUT2D eigenvalue weighted by Crippen LogP contribution is 2.13. The van der Waals surface area contributed by atoms with Crippen molar-refractivity contribution in [3.8, 4) is 0 Å². The van der Waals surface area contributed by atoms with Gasteiger partial charge in [0.25, 0.3) is 0 Å². The van der Waals surface area contributed by atoms with Gasteiger partial charge in [0.1, 0.15) is 5.15 Å². The largest absolute Gasteiger partial charge is 0.310 e. The van der Waals surface area contributed by atoms with E-state index >= 15 is 0 Å². The molecule has 0 saturated heterocycles. The predicted molar refractivity (Wildman–Crippen MR) is 60.5 cm³/mol. The Morgan fingerprint density at radius 2 is 2.07 bits per heavy atom. The summed E-state index contributed by atoms with van der Waals surface area (Å²) in [6, 6.07) is 4.17. The van der Waals surface area contributed by atoms with Gasteiger partial charge in [0.2, 0.25) is 0 Å². The lowest BCUT2D eigenvalue weighted by molar-refractivity contribution is 0.495. The van der Waals surface area contributed by atoms with Crippen LogP contribution in [-0.2, 0) is 0 Å². The van der Waals surface area contributed by atoms with Crippen molar-refractivity contribution in [2.75, 3.05) is 6.54 Å². The van der Waals surface area contributed by atoms with E-state index in [-0.39, 0.29) is 0 Å². The third kappa shape index (κ3) is 3.64. The van der Waals surface area contributed by atoms with Gasteiger partial charge < -0.3 is 5.32 Å². The summed E-state index contributed by atoms with van der Waals surface area (Å²) >= 11 is 5.71. The molecule has 0 radical (unpaired) electrons. The molecule has 0 aliphatic carbocycles. The molecule has 1 rings (SSSR count). The van der Waals surface area contributed by atoms with E-state index < -0.39 is 0 Å². The van der Waals surface area contributed by atoms with E-state index in [1.54, 1.807) is 0 Å². The maximum Gasteiger partial charge on any atom is 0.129 e. The van der Waals surface area contributed by atoms with E-state index in [0.717, 1.165) is 6.54 Å². The van der Waals surface area contributed by atoms with Crippen LogP contribution < -0.4 is 5.32 Å². The number of hydrogen-bond donors (Lipinski definition) is 1. The molecule has 0 aliphatic heterocycles. The molecule has 1 atom stereocenters. The Kier molecular flexibility index (Phi) is 4.36. The van der Waals surface area contributed by atoms with Crippen LogP contribution in [0, 0.1) is 5.92 Å². The Bertz CT molecular complexity index is 269. The highest BCUT2D eigenvalue weighted by atomic mass is 35.5. The summed E-state index contributed by atoms with van der Waals surface area (Å²) in [5.41, 5.74) is 1.18. The van der Waals surface area contributed by atoms with Crippen molar-refractivity contribution >= 4 is 11.6 Å². The second kappa shape index (κ2) is 5.32. The van der Waals surface area contributed by atoms with Gasteiger partial charge in [-0.2, -0.15) is 0 Å². The van der Waals surface area contributed by atoms with Crippen molar-refractivity contribution < 1.29 is 0 Å². The van der Waals surface area contributed by atoms with E-state index in [1.807, 2.05) is 18.3 Å². The minimum Gasteiger partial charge on any atom is -0.310 e. The molecule has 0 aromatic carbocycles. The van der Waals surface area contributed by atoms with Crippen molar-refractivity contribution in [1.29, 1.82) is 0 Å². The van der Waals surface area contributed by atoms with Crippen LogP contribution in [0.1, 0.15) is 32.4 Å². The lowest BCUT2D eigenvalue weighted by Gasteiger charge is -2.15. The molecule has 1 N–H and O–H groups in total. The Balaban J connectivity index is 2.52. The number of aromatic nitrogens is 1. The third-order valence-corrected chi connectivity index (χ3v) is 2.31. The van der Waals surface area contributed by atoms with Crippen LogP contribution in [0.2, 0.25) is 5.15 Å². The predicted octanol–water partition coefficient (Wildman–Crippen LogP) is 3.04. The second-order valence-corrected chi connectivity index (χ2v) is 4.33. The number of pyridine rings is 1. The van der Waals surface area contributed by atoms with Gasteiger partial charge in [0, 0.05) is 12.2 Å². The SMILES string of the molecule is CC(C)CNC(C)c1ccc(Cl)nc1. The minimum absolute atomic E-state index is 0.335. The molecule has 0 saturated carbocycles. The topological polar surface area (TPSA) is 24.9 Å². The quantitative estimate of drug-likeness (QED) is 0.777. The molecule has 1 heterocycles. The number of nitrogens with one attached hydrogen (secondary N) is 1. The fourth-order valence-corrected chi connectivity index (χ4v) is 1.29. The summed E-state index contributed by atoms with van der Waals surface area (Å²) in [6.07, 6.45) is 1.82. The molecule has 2 nitrogen and oxygen atoms in total. The Labute approximate surface area is 90.7 Å². The molecular weight excluding hydrogens is 196 g/mol. The Morgan fingerprint density at radius 1 is 1.36 bits per heavy atom. The molecule has 3 heteroatoms. The lowest BCUT2D eigenvalue weighted by Crippen LogP contribution is -2.23. The van der Waals surface area contributed by atoms with Crippen molar-refractivity contribution in [3.63, 3.8) is 0 Å². The summed E-state index contributed by atoms with van der Waals surface area (Å²) in [5.74, 6) is 0.665. The van der Waals surface area contributed by atoms with Crippen LogP contribution in [0.4, 0.5) is 0 Å². The first kappa shape index (κ1) is 11.5. The van der Waals surface area contributed by atoms with Gasteiger partial charge >= 0.3 is 0 Å². The lowest BCUT2D eigenvalue weighted by atomic mass is 10.1. The molecule has 0 bridgehead atoms. The zero-order valence-corrected chi connectivity index (χ0v) is 9.67. The highest BCUT2D eigenvalue weighted by Gasteiger charge is 2.05.